The van der Waals surface area contributed by atoms with Gasteiger partial charge in [-0.2, -0.15) is 0 Å². The molecule has 0 heterocycles. The van der Waals surface area contributed by atoms with E-state index in [-0.39, 0.29) is 18.2 Å². The fourth-order valence-electron chi connectivity index (χ4n) is 2.22. The van der Waals surface area contributed by atoms with Crippen LogP contribution in [0.15, 0.2) is 63.3 Å². The van der Waals surface area contributed by atoms with Crippen LogP contribution in [0, 0.1) is 11.8 Å². The molecule has 6 nitrogen and oxygen atoms in total. The maximum atomic E-state index is 12.1. The summed E-state index contributed by atoms with van der Waals surface area (Å²) in [7, 11) is 2.92. The summed E-state index contributed by atoms with van der Waals surface area (Å²) in [5.74, 6) is 5.61. The molecular formula is C21H20BrN3O3. The van der Waals surface area contributed by atoms with Crippen LogP contribution in [-0.4, -0.2) is 31.5 Å². The zero-order valence-corrected chi connectivity index (χ0v) is 17.4. The van der Waals surface area contributed by atoms with Gasteiger partial charge in [0, 0.05) is 28.2 Å². The second-order valence-electron chi connectivity index (χ2n) is 5.57. The highest BCUT2D eigenvalue weighted by atomic mass is 79.9. The summed E-state index contributed by atoms with van der Waals surface area (Å²) in [6.45, 7) is 1.92. The minimum Gasteiger partial charge on any atom is -0.398 e. The second-order valence-corrected chi connectivity index (χ2v) is 6.48. The molecule has 0 spiro atoms. The van der Waals surface area contributed by atoms with Crippen LogP contribution in [0.4, 0.5) is 0 Å². The smallest absolute Gasteiger partial charge is 0.273 e. The number of oxime groups is 2. The van der Waals surface area contributed by atoms with Crippen molar-refractivity contribution >= 4 is 33.3 Å². The number of nitrogens with one attached hydrogen (secondary N) is 1. The minimum absolute atomic E-state index is 0.160. The van der Waals surface area contributed by atoms with Crippen LogP contribution in [0.2, 0.25) is 0 Å². The van der Waals surface area contributed by atoms with Gasteiger partial charge in [-0.1, -0.05) is 56.4 Å². The van der Waals surface area contributed by atoms with Crippen molar-refractivity contribution in [2.45, 2.75) is 13.5 Å². The normalized spacial score (nSPS) is 11.3. The van der Waals surface area contributed by atoms with Crippen molar-refractivity contribution in [3.05, 3.63) is 69.7 Å². The molecule has 28 heavy (non-hydrogen) atoms. The van der Waals surface area contributed by atoms with E-state index in [4.69, 9.17) is 9.68 Å². The van der Waals surface area contributed by atoms with Crippen LogP contribution < -0.4 is 5.32 Å². The van der Waals surface area contributed by atoms with Crippen molar-refractivity contribution in [3.63, 3.8) is 0 Å². The molecule has 1 amide bonds. The van der Waals surface area contributed by atoms with E-state index < -0.39 is 0 Å². The number of amides is 1. The summed E-state index contributed by atoms with van der Waals surface area (Å²) < 4.78 is 0.999. The summed E-state index contributed by atoms with van der Waals surface area (Å²) in [5.41, 5.74) is 2.95. The maximum absolute atomic E-state index is 12.1. The Balaban J connectivity index is 2.11. The molecule has 0 aliphatic carbocycles. The molecule has 0 fully saturated rings. The molecule has 1 N–H and O–H groups in total. The lowest BCUT2D eigenvalue weighted by Crippen LogP contribution is -2.29. The molecule has 0 saturated carbocycles. The zero-order chi connectivity index (χ0) is 20.4. The number of likely N-dealkylation sites (N-methyl/N-ethyl adjacent to an activating group) is 1. The molecule has 0 radical (unpaired) electrons. The number of rotatable bonds is 6. The van der Waals surface area contributed by atoms with Crippen molar-refractivity contribution in [1.29, 1.82) is 0 Å². The highest BCUT2D eigenvalue weighted by Crippen LogP contribution is 2.13. The van der Waals surface area contributed by atoms with Gasteiger partial charge in [0.25, 0.3) is 5.91 Å². The lowest BCUT2D eigenvalue weighted by atomic mass is 10.0. The molecule has 0 unspecified atom stereocenters. The van der Waals surface area contributed by atoms with Crippen LogP contribution in [0.1, 0.15) is 23.6 Å². The van der Waals surface area contributed by atoms with Gasteiger partial charge in [0.2, 0.25) is 0 Å². The molecule has 144 valence electrons. The predicted molar refractivity (Wildman–Crippen MR) is 113 cm³/mol. The highest BCUT2D eigenvalue weighted by molar-refractivity contribution is 9.10. The summed E-state index contributed by atoms with van der Waals surface area (Å²) in [4.78, 5) is 22.3. The zero-order valence-electron chi connectivity index (χ0n) is 15.8. The molecule has 0 bridgehead atoms. The van der Waals surface area contributed by atoms with Crippen molar-refractivity contribution in [1.82, 2.24) is 5.32 Å². The average molecular weight is 442 g/mol. The van der Waals surface area contributed by atoms with Crippen LogP contribution in [0.5, 0.6) is 0 Å². The largest absolute Gasteiger partial charge is 0.398 e. The van der Waals surface area contributed by atoms with Gasteiger partial charge in [-0.25, -0.2) is 0 Å². The topological polar surface area (TPSA) is 72.3 Å². The summed E-state index contributed by atoms with van der Waals surface area (Å²) >= 11 is 3.39. The van der Waals surface area contributed by atoms with Crippen LogP contribution in [-0.2, 0) is 21.1 Å². The van der Waals surface area contributed by atoms with E-state index in [1.54, 1.807) is 13.0 Å². The monoisotopic (exact) mass is 441 g/mol. The third-order valence-corrected chi connectivity index (χ3v) is 4.08. The quantitative estimate of drug-likeness (QED) is 0.423. The molecule has 0 aliphatic rings. The first-order chi connectivity index (χ1) is 13.5. The lowest BCUT2D eigenvalue weighted by Gasteiger charge is -2.09. The molecule has 2 aromatic carbocycles. The molecule has 0 aliphatic heterocycles. The molecule has 0 atom stereocenters. The molecule has 0 saturated heterocycles. The Labute approximate surface area is 172 Å². The van der Waals surface area contributed by atoms with Crippen LogP contribution >= 0.6 is 15.9 Å². The van der Waals surface area contributed by atoms with Gasteiger partial charge < -0.3 is 15.0 Å². The van der Waals surface area contributed by atoms with E-state index in [2.05, 4.69) is 43.4 Å². The highest BCUT2D eigenvalue weighted by Gasteiger charge is 2.17. The third-order valence-electron chi connectivity index (χ3n) is 3.55. The molecule has 0 aromatic heterocycles. The van der Waals surface area contributed by atoms with E-state index in [0.29, 0.717) is 11.3 Å². The first kappa shape index (κ1) is 21.2. The second kappa shape index (κ2) is 10.9. The van der Waals surface area contributed by atoms with E-state index in [9.17, 15) is 4.79 Å². The first-order valence-corrected chi connectivity index (χ1v) is 9.20. The first-order valence-electron chi connectivity index (χ1n) is 8.40. The average Bonchev–Trinajstić information content (AvgIpc) is 2.71. The van der Waals surface area contributed by atoms with Crippen LogP contribution in [0.25, 0.3) is 0 Å². The third kappa shape index (κ3) is 6.25. The van der Waals surface area contributed by atoms with E-state index >= 15 is 0 Å². The Morgan fingerprint density at radius 2 is 1.86 bits per heavy atom. The van der Waals surface area contributed by atoms with E-state index in [1.807, 2.05) is 42.5 Å². The van der Waals surface area contributed by atoms with Gasteiger partial charge in [-0.3, -0.25) is 4.79 Å². The van der Waals surface area contributed by atoms with Gasteiger partial charge in [0.15, 0.2) is 5.71 Å². The number of carbonyl (C=O) groups excluding carboxylic acids is 1. The summed E-state index contributed by atoms with van der Waals surface area (Å²) in [6, 6.07) is 14.9. The number of halogens is 1. The Hall–Kier alpha value is -3.11. The van der Waals surface area contributed by atoms with E-state index in [1.165, 1.54) is 14.2 Å². The number of hydrogen-bond acceptors (Lipinski definition) is 5. The van der Waals surface area contributed by atoms with Crippen molar-refractivity contribution in [3.8, 4) is 11.8 Å². The number of benzene rings is 2. The van der Waals surface area contributed by atoms with Crippen molar-refractivity contribution < 1.29 is 14.5 Å². The van der Waals surface area contributed by atoms with Gasteiger partial charge in [0.05, 0.1) is 0 Å². The van der Waals surface area contributed by atoms with Crippen molar-refractivity contribution in [2.75, 3.05) is 14.2 Å². The number of nitrogens with zero attached hydrogens (tertiary/aromatic N) is 2. The SMILES string of the molecule is CNC(=O)/C(=N/OC)c1ccccc1CO/N=C(\C)C#Cc1ccc(Br)cc1. The Morgan fingerprint density at radius 3 is 2.54 bits per heavy atom. The minimum atomic E-state index is -0.352. The standard InChI is InChI=1S/C21H20BrN3O3/c1-15(8-9-16-10-12-18(22)13-11-16)24-28-14-17-6-4-5-7-19(17)20(25-27-3)21(26)23-2/h4-7,10-13H,14H2,1-3H3,(H,23,26)/b24-15+,25-20+. The number of carbonyl (C=O) groups is 1. The fraction of sp³-hybridized carbons (Fsp3) is 0.190. The van der Waals surface area contributed by atoms with Gasteiger partial charge >= 0.3 is 0 Å². The number of hydrogen-bond donors (Lipinski definition) is 1. The van der Waals surface area contributed by atoms with E-state index in [0.717, 1.165) is 15.6 Å². The predicted octanol–water partition coefficient (Wildman–Crippen LogP) is 3.49. The van der Waals surface area contributed by atoms with Crippen molar-refractivity contribution in [2.24, 2.45) is 10.3 Å². The van der Waals surface area contributed by atoms with Crippen LogP contribution in [0.3, 0.4) is 0 Å². The molecule has 7 heteroatoms. The van der Waals surface area contributed by atoms with Gasteiger partial charge in [-0.05, 0) is 37.1 Å². The van der Waals surface area contributed by atoms with Gasteiger partial charge in [-0.15, -0.1) is 0 Å². The van der Waals surface area contributed by atoms with Gasteiger partial charge in [0.1, 0.15) is 19.4 Å². The Bertz CT molecular complexity index is 941. The Kier molecular flexibility index (Phi) is 8.25. The maximum Gasteiger partial charge on any atom is 0.273 e. The molecule has 2 aromatic rings. The fourth-order valence-corrected chi connectivity index (χ4v) is 2.48. The molecule has 2 rings (SSSR count). The Morgan fingerprint density at radius 1 is 1.14 bits per heavy atom. The summed E-state index contributed by atoms with van der Waals surface area (Å²) in [5, 5.41) is 10.4. The summed E-state index contributed by atoms with van der Waals surface area (Å²) in [6.07, 6.45) is 0. The molecular weight excluding hydrogens is 422 g/mol. The lowest BCUT2D eigenvalue weighted by molar-refractivity contribution is -0.114.